The number of rotatable bonds is 5. The summed E-state index contributed by atoms with van der Waals surface area (Å²) in [5.41, 5.74) is 0.185. The van der Waals surface area contributed by atoms with Crippen molar-refractivity contribution >= 4 is 43.7 Å². The summed E-state index contributed by atoms with van der Waals surface area (Å²) in [4.78, 5) is 27.1. The van der Waals surface area contributed by atoms with Crippen LogP contribution >= 0.6 is 31.9 Å². The zero-order valence-corrected chi connectivity index (χ0v) is 13.1. The van der Waals surface area contributed by atoms with E-state index in [-0.39, 0.29) is 5.69 Å². The molecule has 1 heterocycles. The van der Waals surface area contributed by atoms with Gasteiger partial charge in [0.05, 0.1) is 4.47 Å². The number of carboxylic acid groups (broad SMARTS) is 1. The van der Waals surface area contributed by atoms with E-state index in [1.807, 2.05) is 0 Å². The molecule has 1 fully saturated rings. The minimum Gasteiger partial charge on any atom is -0.480 e. The number of nitrogens with zero attached hydrogens (tertiary/aromatic N) is 1. The summed E-state index contributed by atoms with van der Waals surface area (Å²) in [5, 5.41) is 11.6. The molecule has 2 rings (SSSR count). The molecule has 0 bridgehead atoms. The Labute approximate surface area is 127 Å². The van der Waals surface area contributed by atoms with Crippen LogP contribution in [0.3, 0.4) is 0 Å². The highest BCUT2D eigenvalue weighted by Gasteiger charge is 2.30. The van der Waals surface area contributed by atoms with Crippen LogP contribution < -0.4 is 5.32 Å². The van der Waals surface area contributed by atoms with E-state index in [9.17, 15) is 9.59 Å². The SMILES string of the molecule is O=C(NC(CC1CC1)C(=O)O)c1ncc(Br)cc1Br. The molecule has 7 heteroatoms. The summed E-state index contributed by atoms with van der Waals surface area (Å²) in [7, 11) is 0. The Morgan fingerprint density at radius 1 is 1.47 bits per heavy atom. The number of amides is 1. The molecule has 1 aromatic rings. The molecular weight excluding hydrogens is 380 g/mol. The summed E-state index contributed by atoms with van der Waals surface area (Å²) in [6, 6.07) is 0.843. The maximum absolute atomic E-state index is 12.0. The Hall–Kier alpha value is -0.950. The van der Waals surface area contributed by atoms with Crippen molar-refractivity contribution in [3.05, 3.63) is 26.9 Å². The molecule has 0 spiro atoms. The largest absolute Gasteiger partial charge is 0.480 e. The molecule has 1 unspecified atom stereocenters. The van der Waals surface area contributed by atoms with Crippen LogP contribution in [0.25, 0.3) is 0 Å². The average Bonchev–Trinajstić information content (AvgIpc) is 3.11. The fourth-order valence-corrected chi connectivity index (χ4v) is 2.88. The van der Waals surface area contributed by atoms with Crippen molar-refractivity contribution in [3.8, 4) is 0 Å². The highest BCUT2D eigenvalue weighted by Crippen LogP contribution is 2.33. The van der Waals surface area contributed by atoms with E-state index in [4.69, 9.17) is 5.11 Å². The first kappa shape index (κ1) is 14.5. The van der Waals surface area contributed by atoms with Crippen molar-refractivity contribution in [1.82, 2.24) is 10.3 Å². The normalized spacial score (nSPS) is 15.9. The first-order valence-corrected chi connectivity index (χ1v) is 7.40. The summed E-state index contributed by atoms with van der Waals surface area (Å²) in [6.07, 6.45) is 4.06. The number of hydrogen-bond acceptors (Lipinski definition) is 3. The lowest BCUT2D eigenvalue weighted by Crippen LogP contribution is -2.41. The van der Waals surface area contributed by atoms with Crippen molar-refractivity contribution in [2.24, 2.45) is 5.92 Å². The molecule has 1 saturated carbocycles. The van der Waals surface area contributed by atoms with Gasteiger partial charge in [0, 0.05) is 10.7 Å². The summed E-state index contributed by atoms with van der Waals surface area (Å²) in [5.74, 6) is -1.07. The molecule has 0 aliphatic heterocycles. The Bertz CT molecular complexity index is 518. The number of halogens is 2. The quantitative estimate of drug-likeness (QED) is 0.808. The smallest absolute Gasteiger partial charge is 0.326 e. The number of carbonyl (C=O) groups is 2. The lowest BCUT2D eigenvalue weighted by atomic mass is 10.1. The van der Waals surface area contributed by atoms with Gasteiger partial charge in [-0.3, -0.25) is 4.79 Å². The van der Waals surface area contributed by atoms with Gasteiger partial charge in [0.2, 0.25) is 0 Å². The van der Waals surface area contributed by atoms with E-state index in [0.717, 1.165) is 17.3 Å². The molecule has 1 atom stereocenters. The van der Waals surface area contributed by atoms with Crippen LogP contribution in [-0.4, -0.2) is 28.0 Å². The van der Waals surface area contributed by atoms with Crippen LogP contribution in [0.5, 0.6) is 0 Å². The summed E-state index contributed by atoms with van der Waals surface area (Å²) in [6.45, 7) is 0. The van der Waals surface area contributed by atoms with Crippen LogP contribution in [0.15, 0.2) is 21.2 Å². The van der Waals surface area contributed by atoms with Crippen LogP contribution in [0.1, 0.15) is 29.8 Å². The second-order valence-electron chi connectivity index (χ2n) is 4.53. The van der Waals surface area contributed by atoms with E-state index in [2.05, 4.69) is 42.2 Å². The molecular formula is C12H12Br2N2O3. The van der Waals surface area contributed by atoms with Gasteiger partial charge < -0.3 is 10.4 Å². The predicted octanol–water partition coefficient (Wildman–Crippen LogP) is 2.59. The third-order valence-electron chi connectivity index (χ3n) is 2.89. The van der Waals surface area contributed by atoms with E-state index in [1.54, 1.807) is 6.07 Å². The second-order valence-corrected chi connectivity index (χ2v) is 6.30. The molecule has 5 nitrogen and oxygen atoms in total. The van der Waals surface area contributed by atoms with Gasteiger partial charge in [-0.1, -0.05) is 12.8 Å². The van der Waals surface area contributed by atoms with Gasteiger partial charge in [-0.05, 0) is 50.3 Å². The van der Waals surface area contributed by atoms with Crippen LogP contribution in [0, 0.1) is 5.92 Å². The first-order chi connectivity index (χ1) is 8.97. The minimum atomic E-state index is -1.01. The third-order valence-corrected chi connectivity index (χ3v) is 3.93. The van der Waals surface area contributed by atoms with Crippen molar-refractivity contribution in [1.29, 1.82) is 0 Å². The number of carbonyl (C=O) groups excluding carboxylic acids is 1. The lowest BCUT2D eigenvalue weighted by molar-refractivity contribution is -0.139. The lowest BCUT2D eigenvalue weighted by Gasteiger charge is -2.14. The van der Waals surface area contributed by atoms with Gasteiger partial charge in [0.1, 0.15) is 11.7 Å². The molecule has 0 radical (unpaired) electrons. The fraction of sp³-hybridized carbons (Fsp3) is 0.417. The highest BCUT2D eigenvalue weighted by atomic mass is 79.9. The van der Waals surface area contributed by atoms with E-state index < -0.39 is 17.9 Å². The zero-order chi connectivity index (χ0) is 14.0. The number of nitrogens with one attached hydrogen (secondary N) is 1. The standard InChI is InChI=1S/C12H12Br2N2O3/c13-7-4-8(14)10(15-5-7)11(17)16-9(12(18)19)3-6-1-2-6/h4-6,9H,1-3H2,(H,16,17)(H,18,19). The Balaban J connectivity index is 2.07. The number of hydrogen-bond donors (Lipinski definition) is 2. The average molecular weight is 392 g/mol. The first-order valence-electron chi connectivity index (χ1n) is 5.82. The van der Waals surface area contributed by atoms with Gasteiger partial charge in [0.15, 0.2) is 0 Å². The van der Waals surface area contributed by atoms with Gasteiger partial charge in [-0.25, -0.2) is 9.78 Å². The molecule has 1 amide bonds. The summed E-state index contributed by atoms with van der Waals surface area (Å²) >= 11 is 6.48. The molecule has 1 aromatic heterocycles. The fourth-order valence-electron chi connectivity index (χ4n) is 1.72. The van der Waals surface area contributed by atoms with Crippen molar-refractivity contribution < 1.29 is 14.7 Å². The van der Waals surface area contributed by atoms with Crippen LogP contribution in [0.2, 0.25) is 0 Å². The Kier molecular flexibility index (Phi) is 4.57. The van der Waals surface area contributed by atoms with Gasteiger partial charge >= 0.3 is 5.97 Å². The van der Waals surface area contributed by atoms with E-state index in [0.29, 0.717) is 16.8 Å². The van der Waals surface area contributed by atoms with Crippen molar-refractivity contribution in [2.75, 3.05) is 0 Å². The Morgan fingerprint density at radius 3 is 2.68 bits per heavy atom. The molecule has 2 N–H and O–H groups in total. The maximum atomic E-state index is 12.0. The molecule has 102 valence electrons. The number of aromatic nitrogens is 1. The molecule has 0 saturated heterocycles. The number of pyridine rings is 1. The van der Waals surface area contributed by atoms with E-state index in [1.165, 1.54) is 6.20 Å². The molecule has 1 aliphatic rings. The topological polar surface area (TPSA) is 79.3 Å². The van der Waals surface area contributed by atoms with Gasteiger partial charge in [-0.15, -0.1) is 0 Å². The molecule has 0 aromatic carbocycles. The predicted molar refractivity (Wildman–Crippen MR) is 75.9 cm³/mol. The second kappa shape index (κ2) is 6.00. The maximum Gasteiger partial charge on any atom is 0.326 e. The van der Waals surface area contributed by atoms with Crippen LogP contribution in [-0.2, 0) is 4.79 Å². The Morgan fingerprint density at radius 2 is 2.16 bits per heavy atom. The third kappa shape index (κ3) is 4.01. The molecule has 19 heavy (non-hydrogen) atoms. The minimum absolute atomic E-state index is 0.185. The number of carboxylic acids is 1. The highest BCUT2D eigenvalue weighted by molar-refractivity contribution is 9.11. The van der Waals surface area contributed by atoms with Gasteiger partial charge in [-0.2, -0.15) is 0 Å². The van der Waals surface area contributed by atoms with E-state index >= 15 is 0 Å². The van der Waals surface area contributed by atoms with Gasteiger partial charge in [0.25, 0.3) is 5.91 Å². The summed E-state index contributed by atoms with van der Waals surface area (Å²) < 4.78 is 1.26. The van der Waals surface area contributed by atoms with Crippen LogP contribution in [0.4, 0.5) is 0 Å². The van der Waals surface area contributed by atoms with Crippen molar-refractivity contribution in [3.63, 3.8) is 0 Å². The molecule has 1 aliphatic carbocycles. The monoisotopic (exact) mass is 390 g/mol. The van der Waals surface area contributed by atoms with Crippen molar-refractivity contribution in [2.45, 2.75) is 25.3 Å². The number of aliphatic carboxylic acids is 1. The zero-order valence-electron chi connectivity index (χ0n) is 9.90.